The van der Waals surface area contributed by atoms with Gasteiger partial charge in [0, 0.05) is 0 Å². The van der Waals surface area contributed by atoms with Crippen LogP contribution < -0.4 is 4.74 Å². The van der Waals surface area contributed by atoms with Crippen LogP contribution in [0.1, 0.15) is 30.0 Å². The minimum Gasteiger partial charge on any atom is -0.492 e. The molecule has 0 bridgehead atoms. The van der Waals surface area contributed by atoms with Crippen molar-refractivity contribution in [2.75, 3.05) is 13.2 Å². The van der Waals surface area contributed by atoms with Crippen molar-refractivity contribution in [3.8, 4) is 5.75 Å². The summed E-state index contributed by atoms with van der Waals surface area (Å²) in [5.74, 6) is 0.854. The number of benzene rings is 3. The molecule has 2 nitrogen and oxygen atoms in total. The van der Waals surface area contributed by atoms with Gasteiger partial charge < -0.3 is 4.74 Å². The molecule has 0 N–H and O–H groups in total. The third-order valence-corrected chi connectivity index (χ3v) is 4.50. The number of allylic oxidation sites excluding steroid dienone is 1. The third kappa shape index (κ3) is 4.73. The quantitative estimate of drug-likeness (QED) is 0.270. The summed E-state index contributed by atoms with van der Waals surface area (Å²) in [5, 5.41) is 0. The summed E-state index contributed by atoms with van der Waals surface area (Å²) in [7, 11) is 0. The molecular formula is C25H25NO. The normalized spacial score (nSPS) is 11.6. The standard InChI is InChI=1S/C25H25NO/c1-3-24(20-10-6-4-7-11-20)25(21-12-8-5-9-13-21)22-14-16-23(17-15-22)27-19-18-26-2/h4-17H,2-3,18-19H2,1H3/b25-24-. The van der Waals surface area contributed by atoms with Crippen molar-refractivity contribution in [3.63, 3.8) is 0 Å². The molecular weight excluding hydrogens is 330 g/mol. The number of ether oxygens (including phenoxy) is 1. The average Bonchev–Trinajstić information content (AvgIpc) is 2.74. The van der Waals surface area contributed by atoms with Gasteiger partial charge in [0.25, 0.3) is 0 Å². The van der Waals surface area contributed by atoms with E-state index in [4.69, 9.17) is 4.74 Å². The Hall–Kier alpha value is -3.13. The summed E-state index contributed by atoms with van der Waals surface area (Å²) >= 11 is 0. The summed E-state index contributed by atoms with van der Waals surface area (Å²) in [5.41, 5.74) is 6.28. The smallest absolute Gasteiger partial charge is 0.119 e. The van der Waals surface area contributed by atoms with Gasteiger partial charge in [-0.25, -0.2) is 0 Å². The molecule has 3 aromatic carbocycles. The van der Waals surface area contributed by atoms with Gasteiger partial charge in [0.05, 0.1) is 6.54 Å². The van der Waals surface area contributed by atoms with Crippen LogP contribution in [0.4, 0.5) is 0 Å². The lowest BCUT2D eigenvalue weighted by Gasteiger charge is -2.16. The Bertz CT molecular complexity index is 881. The van der Waals surface area contributed by atoms with Crippen molar-refractivity contribution >= 4 is 17.9 Å². The van der Waals surface area contributed by atoms with E-state index in [1.165, 1.54) is 27.8 Å². The fraction of sp³-hybridized carbons (Fsp3) is 0.160. The molecule has 3 aromatic rings. The Labute approximate surface area is 161 Å². The van der Waals surface area contributed by atoms with Gasteiger partial charge >= 0.3 is 0 Å². The Morgan fingerprint density at radius 1 is 0.778 bits per heavy atom. The average molecular weight is 355 g/mol. The van der Waals surface area contributed by atoms with Crippen LogP contribution in [-0.2, 0) is 0 Å². The summed E-state index contributed by atoms with van der Waals surface area (Å²) in [6, 6.07) is 29.5. The second kappa shape index (κ2) is 9.54. The number of nitrogens with zero attached hydrogens (tertiary/aromatic N) is 1. The molecule has 0 unspecified atom stereocenters. The van der Waals surface area contributed by atoms with Gasteiger partial charge in [-0.1, -0.05) is 79.7 Å². The van der Waals surface area contributed by atoms with Crippen LogP contribution >= 0.6 is 0 Å². The van der Waals surface area contributed by atoms with Crippen LogP contribution in [-0.4, -0.2) is 19.9 Å². The molecule has 2 heteroatoms. The summed E-state index contributed by atoms with van der Waals surface area (Å²) < 4.78 is 5.71. The Kier molecular flexibility index (Phi) is 6.59. The van der Waals surface area contributed by atoms with E-state index >= 15 is 0 Å². The Morgan fingerprint density at radius 3 is 1.89 bits per heavy atom. The van der Waals surface area contributed by atoms with Gasteiger partial charge in [-0.3, -0.25) is 4.99 Å². The van der Waals surface area contributed by atoms with Crippen molar-refractivity contribution in [1.82, 2.24) is 0 Å². The van der Waals surface area contributed by atoms with Crippen LogP contribution in [0.15, 0.2) is 89.9 Å². The van der Waals surface area contributed by atoms with Crippen LogP contribution in [0.25, 0.3) is 11.1 Å². The van der Waals surface area contributed by atoms with Gasteiger partial charge in [-0.15, -0.1) is 0 Å². The number of hydrogen-bond donors (Lipinski definition) is 0. The van der Waals surface area contributed by atoms with E-state index in [-0.39, 0.29) is 0 Å². The topological polar surface area (TPSA) is 21.6 Å². The van der Waals surface area contributed by atoms with Crippen molar-refractivity contribution in [2.45, 2.75) is 13.3 Å². The molecule has 0 amide bonds. The fourth-order valence-electron chi connectivity index (χ4n) is 3.23. The lowest BCUT2D eigenvalue weighted by Crippen LogP contribution is -2.00. The highest BCUT2D eigenvalue weighted by atomic mass is 16.5. The largest absolute Gasteiger partial charge is 0.492 e. The molecule has 136 valence electrons. The highest BCUT2D eigenvalue weighted by Crippen LogP contribution is 2.34. The molecule has 27 heavy (non-hydrogen) atoms. The first-order valence-corrected chi connectivity index (χ1v) is 9.33. The van der Waals surface area contributed by atoms with Crippen molar-refractivity contribution in [2.24, 2.45) is 4.99 Å². The number of rotatable bonds is 8. The van der Waals surface area contributed by atoms with Gasteiger partial charge in [0.1, 0.15) is 12.4 Å². The van der Waals surface area contributed by atoms with E-state index < -0.39 is 0 Å². The van der Waals surface area contributed by atoms with E-state index in [1.54, 1.807) is 0 Å². The molecule has 0 saturated carbocycles. The highest BCUT2D eigenvalue weighted by molar-refractivity contribution is 5.98. The van der Waals surface area contributed by atoms with E-state index in [0.717, 1.165) is 12.2 Å². The predicted octanol–water partition coefficient (Wildman–Crippen LogP) is 6.14. The first-order valence-electron chi connectivity index (χ1n) is 9.33. The SMILES string of the molecule is C=NCCOc1ccc(/C(=C(/CC)c2ccccc2)c2ccccc2)cc1. The molecule has 0 aliphatic carbocycles. The molecule has 0 saturated heterocycles. The maximum Gasteiger partial charge on any atom is 0.119 e. The minimum atomic E-state index is 0.550. The first-order chi connectivity index (χ1) is 13.3. The van der Waals surface area contributed by atoms with Gasteiger partial charge in [0.15, 0.2) is 0 Å². The van der Waals surface area contributed by atoms with Crippen molar-refractivity contribution < 1.29 is 4.74 Å². The third-order valence-electron chi connectivity index (χ3n) is 4.50. The first kappa shape index (κ1) is 18.7. The number of hydrogen-bond acceptors (Lipinski definition) is 2. The van der Waals surface area contributed by atoms with Crippen LogP contribution in [0.2, 0.25) is 0 Å². The second-order valence-electron chi connectivity index (χ2n) is 6.26. The minimum absolute atomic E-state index is 0.550. The van der Waals surface area contributed by atoms with Gasteiger partial charge in [-0.05, 0) is 53.1 Å². The van der Waals surface area contributed by atoms with Gasteiger partial charge in [0.2, 0.25) is 0 Å². The van der Waals surface area contributed by atoms with Crippen LogP contribution in [0, 0.1) is 0 Å². The number of aliphatic imine (C=N–C) groups is 1. The Balaban J connectivity index is 2.06. The van der Waals surface area contributed by atoms with E-state index in [1.807, 2.05) is 12.1 Å². The zero-order valence-corrected chi connectivity index (χ0v) is 15.8. The maximum absolute atomic E-state index is 5.71. The lowest BCUT2D eigenvalue weighted by molar-refractivity contribution is 0.329. The molecule has 0 aliphatic heterocycles. The van der Waals surface area contributed by atoms with Crippen LogP contribution in [0.5, 0.6) is 5.75 Å². The summed E-state index contributed by atoms with van der Waals surface area (Å²) in [6.45, 7) is 6.85. The zero-order valence-electron chi connectivity index (χ0n) is 15.8. The molecule has 0 fully saturated rings. The second-order valence-corrected chi connectivity index (χ2v) is 6.26. The zero-order chi connectivity index (χ0) is 18.9. The molecule has 0 spiro atoms. The lowest BCUT2D eigenvalue weighted by atomic mass is 9.88. The molecule has 0 radical (unpaired) electrons. The molecule has 0 heterocycles. The summed E-state index contributed by atoms with van der Waals surface area (Å²) in [4.78, 5) is 3.82. The fourth-order valence-corrected chi connectivity index (χ4v) is 3.23. The van der Waals surface area contributed by atoms with E-state index in [9.17, 15) is 0 Å². The molecule has 0 aliphatic rings. The van der Waals surface area contributed by atoms with Crippen LogP contribution in [0.3, 0.4) is 0 Å². The van der Waals surface area contributed by atoms with Crippen molar-refractivity contribution in [1.29, 1.82) is 0 Å². The summed E-state index contributed by atoms with van der Waals surface area (Å²) in [6.07, 6.45) is 0.956. The van der Waals surface area contributed by atoms with E-state index in [0.29, 0.717) is 13.2 Å². The molecule has 0 aromatic heterocycles. The van der Waals surface area contributed by atoms with E-state index in [2.05, 4.69) is 91.4 Å². The van der Waals surface area contributed by atoms with Crippen molar-refractivity contribution in [3.05, 3.63) is 102 Å². The maximum atomic E-state index is 5.71. The Morgan fingerprint density at radius 2 is 1.33 bits per heavy atom. The molecule has 0 atom stereocenters. The highest BCUT2D eigenvalue weighted by Gasteiger charge is 2.12. The van der Waals surface area contributed by atoms with Gasteiger partial charge in [-0.2, -0.15) is 0 Å². The molecule has 3 rings (SSSR count). The predicted molar refractivity (Wildman–Crippen MR) is 115 cm³/mol. The monoisotopic (exact) mass is 355 g/mol.